The second-order valence-electron chi connectivity index (χ2n) is 2.88. The van der Waals surface area contributed by atoms with Gasteiger partial charge in [0.25, 0.3) is 0 Å². The Balaban J connectivity index is 2.48. The molecule has 0 saturated carbocycles. The summed E-state index contributed by atoms with van der Waals surface area (Å²) in [7, 11) is 0. The van der Waals surface area contributed by atoms with Crippen LogP contribution in [0.15, 0.2) is 18.3 Å². The molecule has 0 aromatic carbocycles. The van der Waals surface area contributed by atoms with Gasteiger partial charge in [-0.05, 0) is 17.7 Å². The average Bonchev–Trinajstić information content (AvgIpc) is 2.16. The number of pyridine rings is 1. The van der Waals surface area contributed by atoms with Gasteiger partial charge in [0.1, 0.15) is 11.8 Å². The van der Waals surface area contributed by atoms with Gasteiger partial charge < -0.3 is 5.32 Å². The zero-order valence-corrected chi connectivity index (χ0v) is 7.67. The summed E-state index contributed by atoms with van der Waals surface area (Å²) in [6, 6.07) is 4.82. The molecule has 1 aromatic rings. The van der Waals surface area contributed by atoms with Crippen LogP contribution >= 0.6 is 0 Å². The van der Waals surface area contributed by atoms with E-state index in [0.717, 1.165) is 0 Å². The maximum Gasteiger partial charge on any atom is 0.401 e. The number of halogens is 3. The fourth-order valence-corrected chi connectivity index (χ4v) is 0.994. The van der Waals surface area contributed by atoms with Crippen LogP contribution in [0.2, 0.25) is 0 Å². The van der Waals surface area contributed by atoms with Crippen LogP contribution in [0.4, 0.5) is 13.2 Å². The van der Waals surface area contributed by atoms with Gasteiger partial charge in [-0.15, -0.1) is 0 Å². The molecule has 3 nitrogen and oxygen atoms in total. The fourth-order valence-electron chi connectivity index (χ4n) is 0.994. The smallest absolute Gasteiger partial charge is 0.305 e. The van der Waals surface area contributed by atoms with Crippen LogP contribution in [-0.4, -0.2) is 17.7 Å². The van der Waals surface area contributed by atoms with Crippen molar-refractivity contribution in [2.24, 2.45) is 0 Å². The molecular weight excluding hydrogens is 207 g/mol. The van der Waals surface area contributed by atoms with E-state index in [4.69, 9.17) is 5.26 Å². The highest BCUT2D eigenvalue weighted by atomic mass is 19.4. The molecule has 0 atom stereocenters. The summed E-state index contributed by atoms with van der Waals surface area (Å²) in [4.78, 5) is 3.70. The van der Waals surface area contributed by atoms with Crippen molar-refractivity contribution in [3.8, 4) is 6.07 Å². The SMILES string of the molecule is N#Cc1cc(CNCC(F)(F)F)ccn1. The first kappa shape index (κ1) is 11.5. The molecule has 80 valence electrons. The first-order valence-corrected chi connectivity index (χ1v) is 4.14. The second kappa shape index (κ2) is 4.75. The maximum atomic E-state index is 11.8. The Kier molecular flexibility index (Phi) is 3.63. The van der Waals surface area contributed by atoms with Gasteiger partial charge in [0.05, 0.1) is 6.54 Å². The van der Waals surface area contributed by atoms with E-state index in [-0.39, 0.29) is 12.2 Å². The second-order valence-corrected chi connectivity index (χ2v) is 2.88. The summed E-state index contributed by atoms with van der Waals surface area (Å²) in [6.45, 7) is -0.978. The molecule has 0 radical (unpaired) electrons. The van der Waals surface area contributed by atoms with Crippen molar-refractivity contribution in [1.82, 2.24) is 10.3 Å². The predicted molar refractivity (Wildman–Crippen MR) is 46.7 cm³/mol. The molecule has 0 bridgehead atoms. The van der Waals surface area contributed by atoms with Gasteiger partial charge in [-0.1, -0.05) is 0 Å². The standard InChI is InChI=1S/C9H8F3N3/c10-9(11,12)6-14-5-7-1-2-15-8(3-7)4-13/h1-3,14H,5-6H2. The first-order chi connectivity index (χ1) is 7.01. The highest BCUT2D eigenvalue weighted by molar-refractivity contribution is 5.25. The summed E-state index contributed by atoms with van der Waals surface area (Å²) in [5.41, 5.74) is 0.798. The lowest BCUT2D eigenvalue weighted by atomic mass is 10.2. The Morgan fingerprint density at radius 1 is 1.47 bits per heavy atom. The molecule has 0 saturated heterocycles. The minimum absolute atomic E-state index is 0.0662. The van der Waals surface area contributed by atoms with Crippen LogP contribution in [0.5, 0.6) is 0 Å². The Labute approximate surface area is 84.5 Å². The van der Waals surface area contributed by atoms with Crippen LogP contribution in [0.1, 0.15) is 11.3 Å². The van der Waals surface area contributed by atoms with Crippen molar-refractivity contribution in [3.05, 3.63) is 29.6 Å². The molecule has 1 N–H and O–H groups in total. The Morgan fingerprint density at radius 3 is 2.80 bits per heavy atom. The normalized spacial score (nSPS) is 11.1. The monoisotopic (exact) mass is 215 g/mol. The number of aromatic nitrogens is 1. The summed E-state index contributed by atoms with van der Waals surface area (Å²) in [6.07, 6.45) is -2.83. The number of nitriles is 1. The molecule has 1 aromatic heterocycles. The zero-order chi connectivity index (χ0) is 11.3. The third-order valence-electron chi connectivity index (χ3n) is 1.59. The van der Waals surface area contributed by atoms with E-state index in [1.54, 1.807) is 6.07 Å². The van der Waals surface area contributed by atoms with Crippen LogP contribution in [0, 0.1) is 11.3 Å². The van der Waals surface area contributed by atoms with Crippen molar-refractivity contribution >= 4 is 0 Å². The van der Waals surface area contributed by atoms with Crippen molar-refractivity contribution in [3.63, 3.8) is 0 Å². The molecule has 15 heavy (non-hydrogen) atoms. The fraction of sp³-hybridized carbons (Fsp3) is 0.333. The van der Waals surface area contributed by atoms with Crippen LogP contribution in [0.3, 0.4) is 0 Å². The minimum Gasteiger partial charge on any atom is -0.305 e. The van der Waals surface area contributed by atoms with Crippen molar-refractivity contribution < 1.29 is 13.2 Å². The van der Waals surface area contributed by atoms with Crippen molar-refractivity contribution in [2.45, 2.75) is 12.7 Å². The topological polar surface area (TPSA) is 48.7 Å². The summed E-state index contributed by atoms with van der Waals surface area (Å²) in [5.74, 6) is 0. The van der Waals surface area contributed by atoms with E-state index in [2.05, 4.69) is 10.3 Å². The summed E-state index contributed by atoms with van der Waals surface area (Å²) >= 11 is 0. The van der Waals surface area contributed by atoms with E-state index in [9.17, 15) is 13.2 Å². The lowest BCUT2D eigenvalue weighted by Gasteiger charge is -2.07. The van der Waals surface area contributed by atoms with Crippen molar-refractivity contribution in [2.75, 3.05) is 6.54 Å². The third-order valence-corrected chi connectivity index (χ3v) is 1.59. The van der Waals surface area contributed by atoms with Gasteiger partial charge in [-0.25, -0.2) is 4.98 Å². The van der Waals surface area contributed by atoms with Crippen LogP contribution in [0.25, 0.3) is 0 Å². The number of hydrogen-bond donors (Lipinski definition) is 1. The van der Waals surface area contributed by atoms with Crippen LogP contribution in [-0.2, 0) is 6.54 Å². The summed E-state index contributed by atoms with van der Waals surface area (Å²) < 4.78 is 35.3. The van der Waals surface area contributed by atoms with Gasteiger partial charge in [0.2, 0.25) is 0 Å². The Morgan fingerprint density at radius 2 is 2.20 bits per heavy atom. The maximum absolute atomic E-state index is 11.8. The molecule has 6 heteroatoms. The van der Waals surface area contributed by atoms with E-state index in [1.807, 2.05) is 6.07 Å². The number of nitrogens with one attached hydrogen (secondary N) is 1. The highest BCUT2D eigenvalue weighted by Gasteiger charge is 2.25. The largest absolute Gasteiger partial charge is 0.401 e. The molecule has 0 aliphatic carbocycles. The van der Waals surface area contributed by atoms with Crippen molar-refractivity contribution in [1.29, 1.82) is 5.26 Å². The van der Waals surface area contributed by atoms with Crippen LogP contribution < -0.4 is 5.32 Å². The number of alkyl halides is 3. The Hall–Kier alpha value is -1.61. The number of hydrogen-bond acceptors (Lipinski definition) is 3. The molecule has 0 amide bonds. The first-order valence-electron chi connectivity index (χ1n) is 4.14. The highest BCUT2D eigenvalue weighted by Crippen LogP contribution is 2.12. The quantitative estimate of drug-likeness (QED) is 0.833. The molecule has 1 heterocycles. The lowest BCUT2D eigenvalue weighted by Crippen LogP contribution is -2.28. The molecule has 0 spiro atoms. The van der Waals surface area contributed by atoms with Gasteiger partial charge in [-0.2, -0.15) is 18.4 Å². The molecule has 0 fully saturated rings. The molecule has 0 aliphatic rings. The molecule has 1 rings (SSSR count). The van der Waals surface area contributed by atoms with Gasteiger partial charge >= 0.3 is 6.18 Å². The van der Waals surface area contributed by atoms with E-state index in [0.29, 0.717) is 5.56 Å². The number of rotatable bonds is 3. The summed E-state index contributed by atoms with van der Waals surface area (Å²) in [5, 5.41) is 10.7. The van der Waals surface area contributed by atoms with E-state index >= 15 is 0 Å². The zero-order valence-electron chi connectivity index (χ0n) is 7.67. The average molecular weight is 215 g/mol. The molecule has 0 aliphatic heterocycles. The number of nitrogens with zero attached hydrogens (tertiary/aromatic N) is 2. The van der Waals surface area contributed by atoms with E-state index < -0.39 is 12.7 Å². The molecule has 0 unspecified atom stereocenters. The minimum atomic E-state index is -4.22. The van der Waals surface area contributed by atoms with Gasteiger partial charge in [-0.3, -0.25) is 0 Å². The predicted octanol–water partition coefficient (Wildman–Crippen LogP) is 1.61. The van der Waals surface area contributed by atoms with E-state index in [1.165, 1.54) is 12.3 Å². The molecular formula is C9H8F3N3. The Bertz CT molecular complexity index is 368. The lowest BCUT2D eigenvalue weighted by molar-refractivity contribution is -0.125. The third kappa shape index (κ3) is 4.42. The van der Waals surface area contributed by atoms with Gasteiger partial charge in [0.15, 0.2) is 0 Å². The van der Waals surface area contributed by atoms with Gasteiger partial charge in [0, 0.05) is 12.7 Å².